The molecule has 2 fully saturated rings. The third-order valence-corrected chi connectivity index (χ3v) is 3.86. The SMILES string of the molecule is CS(=O)(=O)N1C[C@H]2C[C@]2(N)C1. The lowest BCUT2D eigenvalue weighted by molar-refractivity contribution is 0.437. The summed E-state index contributed by atoms with van der Waals surface area (Å²) in [5.41, 5.74) is 5.67. The average Bonchev–Trinajstić information content (AvgIpc) is 2.30. The number of piperidine rings is 1. The summed E-state index contributed by atoms with van der Waals surface area (Å²) in [4.78, 5) is 0. The average molecular weight is 176 g/mol. The van der Waals surface area contributed by atoms with Crippen molar-refractivity contribution < 1.29 is 8.42 Å². The van der Waals surface area contributed by atoms with Crippen LogP contribution in [0.15, 0.2) is 0 Å². The molecule has 2 N–H and O–H groups in total. The second-order valence-corrected chi connectivity index (χ2v) is 5.67. The van der Waals surface area contributed by atoms with Crippen LogP contribution in [0, 0.1) is 5.92 Å². The molecule has 0 spiro atoms. The fourth-order valence-electron chi connectivity index (χ4n) is 1.73. The standard InChI is InChI=1S/C6H12N2O2S/c1-11(9,10)8-3-5-2-6(5,7)4-8/h5H,2-4,7H2,1H3/t5-,6+/m1/s1. The highest BCUT2D eigenvalue weighted by atomic mass is 32.2. The number of fused-ring (bicyclic) bond motifs is 1. The molecule has 11 heavy (non-hydrogen) atoms. The molecule has 1 saturated carbocycles. The lowest BCUT2D eigenvalue weighted by Crippen LogP contribution is -2.36. The van der Waals surface area contributed by atoms with Crippen LogP contribution < -0.4 is 5.73 Å². The van der Waals surface area contributed by atoms with Gasteiger partial charge in [-0.1, -0.05) is 0 Å². The highest BCUT2D eigenvalue weighted by molar-refractivity contribution is 7.88. The molecule has 0 amide bonds. The van der Waals surface area contributed by atoms with E-state index in [1.165, 1.54) is 10.6 Å². The Balaban J connectivity index is 2.14. The summed E-state index contributed by atoms with van der Waals surface area (Å²) in [7, 11) is -2.99. The molecule has 0 aromatic rings. The van der Waals surface area contributed by atoms with Crippen LogP contribution in [0.2, 0.25) is 0 Å². The Hall–Kier alpha value is -0.130. The maximum atomic E-state index is 11.0. The number of hydrogen-bond donors (Lipinski definition) is 1. The first-order chi connectivity index (χ1) is 4.92. The number of hydrogen-bond acceptors (Lipinski definition) is 3. The Labute approximate surface area is 66.4 Å². The van der Waals surface area contributed by atoms with Gasteiger partial charge in [0.05, 0.1) is 6.26 Å². The number of nitrogens with two attached hydrogens (primary N) is 1. The summed E-state index contributed by atoms with van der Waals surface area (Å²) in [5, 5.41) is 0. The van der Waals surface area contributed by atoms with Crippen molar-refractivity contribution in [3.63, 3.8) is 0 Å². The third kappa shape index (κ3) is 1.07. The van der Waals surface area contributed by atoms with Gasteiger partial charge in [-0.2, -0.15) is 4.31 Å². The van der Waals surface area contributed by atoms with Crippen molar-refractivity contribution in [2.75, 3.05) is 19.3 Å². The second-order valence-electron chi connectivity index (χ2n) is 3.69. The number of nitrogens with zero attached hydrogens (tertiary/aromatic N) is 1. The van der Waals surface area contributed by atoms with E-state index in [2.05, 4.69) is 0 Å². The van der Waals surface area contributed by atoms with Gasteiger partial charge in [0, 0.05) is 18.6 Å². The van der Waals surface area contributed by atoms with Crippen molar-refractivity contribution >= 4 is 10.0 Å². The Morgan fingerprint density at radius 3 is 2.55 bits per heavy atom. The Kier molecular flexibility index (Phi) is 1.22. The van der Waals surface area contributed by atoms with E-state index in [0.717, 1.165) is 6.42 Å². The van der Waals surface area contributed by atoms with Gasteiger partial charge in [-0.3, -0.25) is 0 Å². The van der Waals surface area contributed by atoms with Gasteiger partial charge in [-0.15, -0.1) is 0 Å². The fourth-order valence-corrected chi connectivity index (χ4v) is 2.66. The van der Waals surface area contributed by atoms with Crippen LogP contribution in [0.25, 0.3) is 0 Å². The summed E-state index contributed by atoms with van der Waals surface area (Å²) in [6.07, 6.45) is 2.24. The van der Waals surface area contributed by atoms with Crippen LogP contribution in [0.3, 0.4) is 0 Å². The predicted octanol–water partition coefficient (Wildman–Crippen LogP) is -1.02. The molecule has 0 aromatic heterocycles. The zero-order valence-corrected chi connectivity index (χ0v) is 7.26. The molecule has 0 radical (unpaired) electrons. The lowest BCUT2D eigenvalue weighted by atomic mass is 10.3. The van der Waals surface area contributed by atoms with Crippen LogP contribution in [-0.4, -0.2) is 37.6 Å². The van der Waals surface area contributed by atoms with Gasteiger partial charge in [0.25, 0.3) is 0 Å². The molecule has 0 unspecified atom stereocenters. The molecule has 1 heterocycles. The third-order valence-electron chi connectivity index (χ3n) is 2.64. The molecule has 5 heteroatoms. The van der Waals surface area contributed by atoms with Crippen molar-refractivity contribution in [1.29, 1.82) is 0 Å². The Morgan fingerprint density at radius 2 is 2.27 bits per heavy atom. The maximum Gasteiger partial charge on any atom is 0.211 e. The molecule has 4 nitrogen and oxygen atoms in total. The lowest BCUT2D eigenvalue weighted by Gasteiger charge is -2.15. The Morgan fingerprint density at radius 1 is 1.64 bits per heavy atom. The van der Waals surface area contributed by atoms with Gasteiger partial charge in [-0.25, -0.2) is 8.42 Å². The van der Waals surface area contributed by atoms with Gasteiger partial charge >= 0.3 is 0 Å². The van der Waals surface area contributed by atoms with Crippen molar-refractivity contribution in [3.05, 3.63) is 0 Å². The predicted molar refractivity (Wildman–Crippen MR) is 41.4 cm³/mol. The first kappa shape index (κ1) is 7.52. The van der Waals surface area contributed by atoms with E-state index in [4.69, 9.17) is 5.73 Å². The van der Waals surface area contributed by atoms with Crippen molar-refractivity contribution in [1.82, 2.24) is 4.31 Å². The first-order valence-electron chi connectivity index (χ1n) is 3.66. The summed E-state index contributed by atoms with van der Waals surface area (Å²) < 4.78 is 23.5. The molecule has 0 aromatic carbocycles. The van der Waals surface area contributed by atoms with Crippen LogP contribution in [0.1, 0.15) is 6.42 Å². The topological polar surface area (TPSA) is 63.4 Å². The summed E-state index contributed by atoms with van der Waals surface area (Å²) in [6.45, 7) is 1.16. The van der Waals surface area contributed by atoms with Crippen molar-refractivity contribution in [3.8, 4) is 0 Å². The van der Waals surface area contributed by atoms with E-state index in [9.17, 15) is 8.42 Å². The minimum atomic E-state index is -2.99. The molecule has 0 bridgehead atoms. The van der Waals surface area contributed by atoms with Crippen molar-refractivity contribution in [2.24, 2.45) is 11.7 Å². The molecular formula is C6H12N2O2S. The van der Waals surface area contributed by atoms with Gasteiger partial charge in [-0.05, 0) is 12.3 Å². The minimum absolute atomic E-state index is 0.164. The number of sulfonamides is 1. The largest absolute Gasteiger partial charge is 0.324 e. The van der Waals surface area contributed by atoms with E-state index >= 15 is 0 Å². The molecule has 64 valence electrons. The second kappa shape index (κ2) is 1.78. The van der Waals surface area contributed by atoms with Crippen LogP contribution >= 0.6 is 0 Å². The van der Waals surface area contributed by atoms with E-state index in [0.29, 0.717) is 19.0 Å². The minimum Gasteiger partial charge on any atom is -0.324 e. The van der Waals surface area contributed by atoms with E-state index in [1.54, 1.807) is 0 Å². The van der Waals surface area contributed by atoms with Crippen molar-refractivity contribution in [2.45, 2.75) is 12.0 Å². The quantitative estimate of drug-likeness (QED) is 0.556. The highest BCUT2D eigenvalue weighted by Crippen LogP contribution is 2.47. The highest BCUT2D eigenvalue weighted by Gasteiger charge is 2.58. The van der Waals surface area contributed by atoms with Crippen LogP contribution in [-0.2, 0) is 10.0 Å². The summed E-state index contributed by atoms with van der Waals surface area (Å²) in [5.74, 6) is 0.428. The molecule has 1 aliphatic carbocycles. The van der Waals surface area contributed by atoms with Gasteiger partial charge in [0.15, 0.2) is 0 Å². The van der Waals surface area contributed by atoms with Gasteiger partial charge in [0.2, 0.25) is 10.0 Å². The van der Waals surface area contributed by atoms with E-state index < -0.39 is 10.0 Å². The number of rotatable bonds is 1. The monoisotopic (exact) mass is 176 g/mol. The molecular weight excluding hydrogens is 164 g/mol. The molecule has 2 aliphatic rings. The smallest absolute Gasteiger partial charge is 0.211 e. The van der Waals surface area contributed by atoms with Gasteiger partial charge < -0.3 is 5.73 Å². The molecule has 1 saturated heterocycles. The maximum absolute atomic E-state index is 11.0. The molecule has 1 aliphatic heterocycles. The Bertz CT molecular complexity index is 287. The normalized spacial score (nSPS) is 44.0. The van der Waals surface area contributed by atoms with Crippen LogP contribution in [0.5, 0.6) is 0 Å². The van der Waals surface area contributed by atoms with E-state index in [-0.39, 0.29) is 5.54 Å². The van der Waals surface area contributed by atoms with Crippen LogP contribution in [0.4, 0.5) is 0 Å². The van der Waals surface area contributed by atoms with E-state index in [1.807, 2.05) is 0 Å². The molecule has 2 rings (SSSR count). The fraction of sp³-hybridized carbons (Fsp3) is 1.00. The zero-order valence-electron chi connectivity index (χ0n) is 6.45. The first-order valence-corrected chi connectivity index (χ1v) is 5.51. The summed E-state index contributed by atoms with van der Waals surface area (Å²) >= 11 is 0. The molecule has 2 atom stereocenters. The summed E-state index contributed by atoms with van der Waals surface area (Å²) in [6, 6.07) is 0. The zero-order chi connectivity index (χ0) is 8.28. The van der Waals surface area contributed by atoms with Gasteiger partial charge in [0.1, 0.15) is 0 Å².